The normalized spacial score (nSPS) is 15.7. The third-order valence-corrected chi connectivity index (χ3v) is 5.73. The zero-order valence-electron chi connectivity index (χ0n) is 16.1. The molecule has 0 saturated heterocycles. The van der Waals surface area contributed by atoms with E-state index >= 15 is 0 Å². The lowest BCUT2D eigenvalue weighted by molar-refractivity contribution is -0.112. The van der Waals surface area contributed by atoms with Crippen molar-refractivity contribution in [3.05, 3.63) is 75.5 Å². The van der Waals surface area contributed by atoms with E-state index in [0.29, 0.717) is 34.3 Å². The average molecular weight is 415 g/mol. The van der Waals surface area contributed by atoms with E-state index in [0.717, 1.165) is 18.4 Å². The standard InChI is InChI=1S/C21H22FN3O3S/c1-2-3-9-25-20(26)23-24-21(25)29-13-16-11-17(22)10-15-12-27-19(28-18(15)16)14-7-5-4-6-8-14/h4-8,10-11,19H,2-3,9,12-13H2,1H3,(H,23,26)/t19-/m0/s1. The molecule has 0 radical (unpaired) electrons. The fourth-order valence-corrected chi connectivity index (χ4v) is 4.17. The van der Waals surface area contributed by atoms with Crippen LogP contribution >= 0.6 is 11.8 Å². The highest BCUT2D eigenvalue weighted by Crippen LogP contribution is 2.38. The number of ether oxygens (including phenoxy) is 2. The van der Waals surface area contributed by atoms with Gasteiger partial charge in [-0.15, -0.1) is 5.10 Å². The number of fused-ring (bicyclic) bond motifs is 1. The minimum absolute atomic E-state index is 0.226. The molecule has 0 spiro atoms. The highest BCUT2D eigenvalue weighted by atomic mass is 32.2. The number of aromatic amines is 1. The summed E-state index contributed by atoms with van der Waals surface area (Å²) >= 11 is 1.38. The van der Waals surface area contributed by atoms with Gasteiger partial charge < -0.3 is 9.47 Å². The molecule has 1 aromatic heterocycles. The Labute approximate surface area is 172 Å². The van der Waals surface area contributed by atoms with Gasteiger partial charge in [0.25, 0.3) is 0 Å². The van der Waals surface area contributed by atoms with Crippen LogP contribution in [-0.2, 0) is 23.6 Å². The van der Waals surface area contributed by atoms with Crippen LogP contribution in [0.15, 0.2) is 52.4 Å². The van der Waals surface area contributed by atoms with E-state index in [1.165, 1.54) is 23.9 Å². The summed E-state index contributed by atoms with van der Waals surface area (Å²) in [6, 6.07) is 12.6. The largest absolute Gasteiger partial charge is 0.460 e. The predicted octanol–water partition coefficient (Wildman–Crippen LogP) is 4.41. The highest BCUT2D eigenvalue weighted by molar-refractivity contribution is 7.98. The van der Waals surface area contributed by atoms with Gasteiger partial charge in [0.05, 0.1) is 6.61 Å². The summed E-state index contributed by atoms with van der Waals surface area (Å²) < 4.78 is 27.6. The van der Waals surface area contributed by atoms with Crippen LogP contribution in [0.2, 0.25) is 0 Å². The Kier molecular flexibility index (Phi) is 6.01. The molecule has 8 heteroatoms. The Hall–Kier alpha value is -2.58. The average Bonchev–Trinajstić information content (AvgIpc) is 3.10. The van der Waals surface area contributed by atoms with Gasteiger partial charge in [0.2, 0.25) is 6.29 Å². The molecule has 3 aromatic rings. The van der Waals surface area contributed by atoms with Gasteiger partial charge in [-0.05, 0) is 18.6 Å². The minimum Gasteiger partial charge on any atom is -0.460 e. The lowest BCUT2D eigenvalue weighted by atomic mass is 10.1. The van der Waals surface area contributed by atoms with Crippen LogP contribution in [0.25, 0.3) is 0 Å². The van der Waals surface area contributed by atoms with Gasteiger partial charge in [-0.3, -0.25) is 4.57 Å². The Balaban J connectivity index is 1.56. The lowest BCUT2D eigenvalue weighted by Crippen LogP contribution is -2.19. The summed E-state index contributed by atoms with van der Waals surface area (Å²) in [6.45, 7) is 2.95. The number of H-pyrrole nitrogens is 1. The second kappa shape index (κ2) is 8.84. The van der Waals surface area contributed by atoms with Crippen molar-refractivity contribution in [2.45, 2.75) is 50.1 Å². The summed E-state index contributed by atoms with van der Waals surface area (Å²) in [7, 11) is 0. The number of nitrogens with one attached hydrogen (secondary N) is 1. The third-order valence-electron chi connectivity index (χ3n) is 4.71. The van der Waals surface area contributed by atoms with Gasteiger partial charge in [0, 0.05) is 29.0 Å². The zero-order valence-corrected chi connectivity index (χ0v) is 16.9. The molecule has 0 fully saturated rings. The molecule has 1 N–H and O–H groups in total. The monoisotopic (exact) mass is 415 g/mol. The molecule has 29 heavy (non-hydrogen) atoms. The fourth-order valence-electron chi connectivity index (χ4n) is 3.23. The molecule has 0 unspecified atom stereocenters. The molecule has 0 amide bonds. The zero-order chi connectivity index (χ0) is 20.2. The van der Waals surface area contributed by atoms with Crippen LogP contribution < -0.4 is 10.4 Å². The first-order chi connectivity index (χ1) is 14.2. The smallest absolute Gasteiger partial charge is 0.343 e. The van der Waals surface area contributed by atoms with Crippen molar-refractivity contribution >= 4 is 11.8 Å². The fraction of sp³-hybridized carbons (Fsp3) is 0.333. The molecule has 4 rings (SSSR count). The molecule has 2 heterocycles. The molecule has 1 aliphatic heterocycles. The van der Waals surface area contributed by atoms with E-state index in [1.807, 2.05) is 30.3 Å². The summed E-state index contributed by atoms with van der Waals surface area (Å²) in [5.41, 5.74) is 2.07. The van der Waals surface area contributed by atoms with Crippen LogP contribution in [0.5, 0.6) is 5.75 Å². The van der Waals surface area contributed by atoms with Crippen LogP contribution in [0.1, 0.15) is 42.7 Å². The molecule has 1 atom stereocenters. The van der Waals surface area contributed by atoms with Crippen molar-refractivity contribution in [1.29, 1.82) is 0 Å². The molecule has 6 nitrogen and oxygen atoms in total. The van der Waals surface area contributed by atoms with Crippen molar-refractivity contribution in [3.8, 4) is 5.75 Å². The van der Waals surface area contributed by atoms with E-state index in [-0.39, 0.29) is 18.1 Å². The van der Waals surface area contributed by atoms with Crippen LogP contribution in [0, 0.1) is 5.82 Å². The quantitative estimate of drug-likeness (QED) is 0.579. The maximum atomic E-state index is 14.2. The molecular formula is C21H22FN3O3S. The number of benzene rings is 2. The number of halogens is 1. The summed E-state index contributed by atoms with van der Waals surface area (Å²) in [6.07, 6.45) is 1.33. The summed E-state index contributed by atoms with van der Waals surface area (Å²) in [4.78, 5) is 12.0. The second-order valence-corrected chi connectivity index (χ2v) is 7.77. The first-order valence-electron chi connectivity index (χ1n) is 9.58. The predicted molar refractivity (Wildman–Crippen MR) is 108 cm³/mol. The number of hydrogen-bond acceptors (Lipinski definition) is 5. The van der Waals surface area contributed by atoms with Crippen molar-refractivity contribution in [2.75, 3.05) is 0 Å². The maximum Gasteiger partial charge on any atom is 0.343 e. The molecule has 0 saturated carbocycles. The first kappa shape index (κ1) is 19.7. The van der Waals surface area contributed by atoms with Gasteiger partial charge >= 0.3 is 5.69 Å². The van der Waals surface area contributed by atoms with Crippen molar-refractivity contribution < 1.29 is 13.9 Å². The van der Waals surface area contributed by atoms with Crippen LogP contribution in [-0.4, -0.2) is 14.8 Å². The van der Waals surface area contributed by atoms with Gasteiger partial charge in [0.1, 0.15) is 11.6 Å². The molecular weight excluding hydrogens is 393 g/mol. The van der Waals surface area contributed by atoms with Gasteiger partial charge in [-0.2, -0.15) is 0 Å². The van der Waals surface area contributed by atoms with Gasteiger partial charge in [-0.25, -0.2) is 14.3 Å². The summed E-state index contributed by atoms with van der Waals surface area (Å²) in [5, 5.41) is 7.20. The molecule has 0 aliphatic carbocycles. The Bertz CT molecular complexity index is 1040. The van der Waals surface area contributed by atoms with Gasteiger partial charge in [-0.1, -0.05) is 55.4 Å². The van der Waals surface area contributed by atoms with E-state index in [2.05, 4.69) is 17.1 Å². The van der Waals surface area contributed by atoms with E-state index in [9.17, 15) is 9.18 Å². The van der Waals surface area contributed by atoms with Crippen molar-refractivity contribution in [1.82, 2.24) is 14.8 Å². The molecule has 2 aromatic carbocycles. The van der Waals surface area contributed by atoms with E-state index < -0.39 is 6.29 Å². The Morgan fingerprint density at radius 1 is 1.31 bits per heavy atom. The van der Waals surface area contributed by atoms with Crippen molar-refractivity contribution in [3.63, 3.8) is 0 Å². The van der Waals surface area contributed by atoms with Crippen LogP contribution in [0.3, 0.4) is 0 Å². The highest BCUT2D eigenvalue weighted by Gasteiger charge is 2.25. The topological polar surface area (TPSA) is 69.1 Å². The molecule has 152 valence electrons. The molecule has 0 bridgehead atoms. The number of hydrogen-bond donors (Lipinski definition) is 1. The van der Waals surface area contributed by atoms with Crippen molar-refractivity contribution in [2.24, 2.45) is 0 Å². The Morgan fingerprint density at radius 3 is 2.93 bits per heavy atom. The first-order valence-corrected chi connectivity index (χ1v) is 10.6. The number of thioether (sulfide) groups is 1. The summed E-state index contributed by atoms with van der Waals surface area (Å²) in [5.74, 6) is 0.727. The number of unbranched alkanes of at least 4 members (excludes halogenated alkanes) is 1. The third kappa shape index (κ3) is 4.38. The molecule has 1 aliphatic rings. The van der Waals surface area contributed by atoms with Gasteiger partial charge in [0.15, 0.2) is 5.16 Å². The Morgan fingerprint density at radius 2 is 2.14 bits per heavy atom. The second-order valence-electron chi connectivity index (χ2n) is 6.83. The van der Waals surface area contributed by atoms with E-state index in [1.54, 1.807) is 4.57 Å². The lowest BCUT2D eigenvalue weighted by Gasteiger charge is -2.28. The maximum absolute atomic E-state index is 14.2. The van der Waals surface area contributed by atoms with E-state index in [4.69, 9.17) is 9.47 Å². The number of rotatable bonds is 7. The SMILES string of the molecule is CCCCn1c(SCc2cc(F)cc3c2O[C@@H](c2ccccc2)OC3)n[nH]c1=O. The number of aromatic nitrogens is 3. The van der Waals surface area contributed by atoms with Crippen LogP contribution in [0.4, 0.5) is 4.39 Å². The number of nitrogens with zero attached hydrogens (tertiary/aromatic N) is 2. The minimum atomic E-state index is -0.536.